The minimum Gasteiger partial charge on any atom is -0.354 e. The van der Waals surface area contributed by atoms with Crippen molar-refractivity contribution < 1.29 is 4.79 Å². The largest absolute Gasteiger partial charge is 0.354 e. The number of aromatic nitrogens is 1. The van der Waals surface area contributed by atoms with Gasteiger partial charge in [0.25, 0.3) is 0 Å². The average Bonchev–Trinajstić information content (AvgIpc) is 2.59. The number of hydrogen-bond donors (Lipinski definition) is 1. The fourth-order valence-corrected chi connectivity index (χ4v) is 1.31. The Bertz CT molecular complexity index is 435. The molecule has 0 radical (unpaired) electrons. The van der Waals surface area contributed by atoms with E-state index < -0.39 is 0 Å². The van der Waals surface area contributed by atoms with Crippen LogP contribution in [0.25, 0.3) is 16.5 Å². The topological polar surface area (TPSA) is 32.9 Å². The molecule has 13 heavy (non-hydrogen) atoms. The molecule has 0 aliphatic heterocycles. The predicted octanol–water partition coefficient (Wildman–Crippen LogP) is 2.38. The number of hydrogen-bond acceptors (Lipinski definition) is 1. The third-order valence-corrected chi connectivity index (χ3v) is 2.02. The van der Waals surface area contributed by atoms with E-state index in [1.807, 2.05) is 30.3 Å². The molecule has 64 valence electrons. The van der Waals surface area contributed by atoms with Crippen LogP contribution in [0.1, 0.15) is 5.69 Å². The number of fused-ring (bicyclic) bond motifs is 1. The molecule has 2 aromatic rings. The number of benzene rings is 1. The zero-order valence-corrected chi connectivity index (χ0v) is 7.08. The number of carbonyl (C=O) groups excluding carboxylic acids is 1. The highest BCUT2D eigenvalue weighted by atomic mass is 16.1. The van der Waals surface area contributed by atoms with Crippen LogP contribution in [0, 0.1) is 0 Å². The van der Waals surface area contributed by atoms with Crippen LogP contribution in [-0.2, 0) is 4.79 Å². The summed E-state index contributed by atoms with van der Waals surface area (Å²) in [5.41, 5.74) is 2.30. The molecule has 1 aromatic carbocycles. The molecule has 1 heterocycles. The second-order valence-corrected chi connectivity index (χ2v) is 2.91. The Balaban J connectivity index is 2.62. The Labute approximate surface area is 75.9 Å². The maximum atomic E-state index is 10.5. The van der Waals surface area contributed by atoms with Gasteiger partial charge in [0, 0.05) is 22.2 Å². The van der Waals surface area contributed by atoms with Crippen LogP contribution in [0.5, 0.6) is 0 Å². The molecule has 2 rings (SSSR count). The molecule has 0 saturated carbocycles. The Morgan fingerprint density at radius 1 is 1.38 bits per heavy atom. The van der Waals surface area contributed by atoms with Gasteiger partial charge in [-0.25, -0.2) is 0 Å². The molecule has 0 bridgehead atoms. The number of aromatic amines is 1. The average molecular weight is 171 g/mol. The first-order valence-electron chi connectivity index (χ1n) is 4.03. The van der Waals surface area contributed by atoms with Gasteiger partial charge in [0.1, 0.15) is 0 Å². The van der Waals surface area contributed by atoms with Gasteiger partial charge in [-0.05, 0) is 12.1 Å². The maximum Gasteiger partial charge on any atom is 0.151 e. The quantitative estimate of drug-likeness (QED) is 0.546. The highest BCUT2D eigenvalue weighted by molar-refractivity contribution is 6.06. The highest BCUT2D eigenvalue weighted by Crippen LogP contribution is 2.18. The Morgan fingerprint density at radius 2 is 2.15 bits per heavy atom. The van der Waals surface area contributed by atoms with Gasteiger partial charge in [0.2, 0.25) is 0 Å². The van der Waals surface area contributed by atoms with Crippen LogP contribution in [0.15, 0.2) is 36.9 Å². The zero-order chi connectivity index (χ0) is 9.26. The monoisotopic (exact) mass is 171 g/mol. The van der Waals surface area contributed by atoms with Crippen LogP contribution in [0.4, 0.5) is 0 Å². The lowest BCUT2D eigenvalue weighted by atomic mass is 10.2. The van der Waals surface area contributed by atoms with Gasteiger partial charge in [-0.1, -0.05) is 24.8 Å². The summed E-state index contributed by atoms with van der Waals surface area (Å²) in [7, 11) is 0. The van der Waals surface area contributed by atoms with E-state index in [1.54, 1.807) is 0 Å². The molecule has 0 aliphatic rings. The maximum absolute atomic E-state index is 10.5. The van der Waals surface area contributed by atoms with Crippen molar-refractivity contribution >= 4 is 22.8 Å². The van der Waals surface area contributed by atoms with Gasteiger partial charge < -0.3 is 4.98 Å². The first-order valence-corrected chi connectivity index (χ1v) is 4.03. The van der Waals surface area contributed by atoms with Crippen molar-refractivity contribution in [2.75, 3.05) is 0 Å². The summed E-state index contributed by atoms with van der Waals surface area (Å²) in [4.78, 5) is 13.6. The summed E-state index contributed by atoms with van der Waals surface area (Å²) in [6, 6.07) is 9.80. The summed E-state index contributed by atoms with van der Waals surface area (Å²) in [5.74, 6) is 0. The van der Waals surface area contributed by atoms with E-state index in [4.69, 9.17) is 0 Å². The third-order valence-electron chi connectivity index (χ3n) is 2.02. The molecule has 0 amide bonds. The number of para-hydroxylation sites is 1. The SMILES string of the molecule is C=C(C=O)c1cc2ccccc2[nH]1. The summed E-state index contributed by atoms with van der Waals surface area (Å²) in [6.45, 7) is 3.64. The zero-order valence-electron chi connectivity index (χ0n) is 7.08. The molecule has 0 aliphatic carbocycles. The van der Waals surface area contributed by atoms with Crippen molar-refractivity contribution in [2.24, 2.45) is 0 Å². The number of H-pyrrole nitrogens is 1. The van der Waals surface area contributed by atoms with Gasteiger partial charge in [-0.3, -0.25) is 4.79 Å². The van der Waals surface area contributed by atoms with Gasteiger partial charge in [0.15, 0.2) is 6.29 Å². The Kier molecular flexibility index (Phi) is 1.74. The van der Waals surface area contributed by atoms with E-state index in [2.05, 4.69) is 11.6 Å². The lowest BCUT2D eigenvalue weighted by Crippen LogP contribution is -1.81. The van der Waals surface area contributed by atoms with Crippen LogP contribution < -0.4 is 0 Å². The van der Waals surface area contributed by atoms with E-state index in [9.17, 15) is 4.79 Å². The second kappa shape index (κ2) is 2.90. The molecule has 0 atom stereocenters. The van der Waals surface area contributed by atoms with Gasteiger partial charge in [-0.15, -0.1) is 0 Å². The first-order chi connectivity index (χ1) is 6.31. The normalized spacial score (nSPS) is 10.2. The standard InChI is InChI=1S/C11H9NO/c1-8(7-13)11-6-9-4-2-3-5-10(9)12-11/h2-7,12H,1H2. The number of rotatable bonds is 2. The van der Waals surface area contributed by atoms with E-state index in [-0.39, 0.29) is 0 Å². The minimum absolute atomic E-state index is 0.483. The first kappa shape index (κ1) is 7.80. The van der Waals surface area contributed by atoms with E-state index in [0.29, 0.717) is 5.57 Å². The van der Waals surface area contributed by atoms with Crippen molar-refractivity contribution in [3.8, 4) is 0 Å². The van der Waals surface area contributed by atoms with E-state index in [1.165, 1.54) is 0 Å². The summed E-state index contributed by atoms with van der Waals surface area (Å²) >= 11 is 0. The fraction of sp³-hybridized carbons (Fsp3) is 0. The molecule has 0 fully saturated rings. The molecular weight excluding hydrogens is 162 g/mol. The molecule has 2 nitrogen and oxygen atoms in total. The molecule has 0 spiro atoms. The van der Waals surface area contributed by atoms with Crippen molar-refractivity contribution in [3.05, 3.63) is 42.6 Å². The van der Waals surface area contributed by atoms with Gasteiger partial charge >= 0.3 is 0 Å². The van der Waals surface area contributed by atoms with Gasteiger partial charge in [0.05, 0.1) is 0 Å². The Hall–Kier alpha value is -1.83. The summed E-state index contributed by atoms with van der Waals surface area (Å²) in [5, 5.41) is 1.10. The van der Waals surface area contributed by atoms with Crippen LogP contribution in [0.3, 0.4) is 0 Å². The highest BCUT2D eigenvalue weighted by Gasteiger charge is 2.01. The molecule has 2 heteroatoms. The number of allylic oxidation sites excluding steroid dienone is 1. The third kappa shape index (κ3) is 1.26. The summed E-state index contributed by atoms with van der Waals surface area (Å²) < 4.78 is 0. The lowest BCUT2D eigenvalue weighted by molar-refractivity contribution is -0.103. The van der Waals surface area contributed by atoms with Crippen LogP contribution >= 0.6 is 0 Å². The number of aldehydes is 1. The molecule has 0 unspecified atom stereocenters. The predicted molar refractivity (Wildman–Crippen MR) is 53.4 cm³/mol. The molecular formula is C11H9NO. The second-order valence-electron chi connectivity index (χ2n) is 2.91. The van der Waals surface area contributed by atoms with Crippen molar-refractivity contribution in [1.82, 2.24) is 4.98 Å². The smallest absolute Gasteiger partial charge is 0.151 e. The van der Waals surface area contributed by atoms with E-state index >= 15 is 0 Å². The van der Waals surface area contributed by atoms with Gasteiger partial charge in [-0.2, -0.15) is 0 Å². The van der Waals surface area contributed by atoms with Crippen LogP contribution in [-0.4, -0.2) is 11.3 Å². The Morgan fingerprint density at radius 3 is 2.85 bits per heavy atom. The van der Waals surface area contributed by atoms with Crippen molar-refractivity contribution in [3.63, 3.8) is 0 Å². The van der Waals surface area contributed by atoms with E-state index in [0.717, 1.165) is 22.9 Å². The molecule has 1 N–H and O–H groups in total. The number of nitrogens with one attached hydrogen (secondary N) is 1. The van der Waals surface area contributed by atoms with Crippen molar-refractivity contribution in [2.45, 2.75) is 0 Å². The summed E-state index contributed by atoms with van der Waals surface area (Å²) in [6.07, 6.45) is 0.755. The fourth-order valence-electron chi connectivity index (χ4n) is 1.31. The minimum atomic E-state index is 0.483. The molecule has 0 saturated heterocycles. The van der Waals surface area contributed by atoms with Crippen LogP contribution in [0.2, 0.25) is 0 Å². The van der Waals surface area contributed by atoms with Crippen molar-refractivity contribution in [1.29, 1.82) is 0 Å². The molecule has 1 aromatic heterocycles. The lowest BCUT2D eigenvalue weighted by Gasteiger charge is -1.88. The number of carbonyl (C=O) groups is 1.